The predicted molar refractivity (Wildman–Crippen MR) is 88.6 cm³/mol. The summed E-state index contributed by atoms with van der Waals surface area (Å²) in [4.78, 5) is 0. The Kier molecular flexibility index (Phi) is 5.75. The highest BCUT2D eigenvalue weighted by Crippen LogP contribution is 2.29. The molecule has 0 heterocycles. The lowest BCUT2D eigenvalue weighted by Crippen LogP contribution is -2.29. The molecule has 0 radical (unpaired) electrons. The molecule has 1 unspecified atom stereocenters. The molecule has 3 nitrogen and oxygen atoms in total. The van der Waals surface area contributed by atoms with Gasteiger partial charge < -0.3 is 4.74 Å². The third kappa shape index (κ3) is 4.26. The third-order valence-corrected chi connectivity index (χ3v) is 4.22. The van der Waals surface area contributed by atoms with Gasteiger partial charge in [-0.1, -0.05) is 22.0 Å². The summed E-state index contributed by atoms with van der Waals surface area (Å²) in [6.07, 6.45) is 0.575. The van der Waals surface area contributed by atoms with Crippen LogP contribution in [0.5, 0.6) is 5.75 Å². The molecule has 0 amide bonds. The molecule has 0 saturated carbocycles. The zero-order valence-electron chi connectivity index (χ0n) is 11.4. The average molecular weight is 418 g/mol. The van der Waals surface area contributed by atoms with E-state index in [4.69, 9.17) is 10.6 Å². The molecule has 0 spiro atoms. The molecule has 2 aromatic rings. The van der Waals surface area contributed by atoms with Crippen LogP contribution in [0.4, 0.5) is 4.39 Å². The molecule has 0 bridgehead atoms. The van der Waals surface area contributed by atoms with Crippen LogP contribution >= 0.6 is 31.9 Å². The summed E-state index contributed by atoms with van der Waals surface area (Å²) in [6.45, 7) is 0. The van der Waals surface area contributed by atoms with E-state index in [0.717, 1.165) is 21.3 Å². The van der Waals surface area contributed by atoms with E-state index in [1.807, 2.05) is 24.3 Å². The molecule has 2 rings (SSSR count). The van der Waals surface area contributed by atoms with Crippen molar-refractivity contribution in [2.45, 2.75) is 12.5 Å². The molecular weight excluding hydrogens is 403 g/mol. The summed E-state index contributed by atoms with van der Waals surface area (Å²) in [5.41, 5.74) is 4.62. The van der Waals surface area contributed by atoms with Crippen LogP contribution < -0.4 is 16.0 Å². The van der Waals surface area contributed by atoms with Gasteiger partial charge in [0, 0.05) is 4.47 Å². The predicted octanol–water partition coefficient (Wildman–Crippen LogP) is 4.11. The Morgan fingerprint density at radius 2 is 2.00 bits per heavy atom. The van der Waals surface area contributed by atoms with Crippen molar-refractivity contribution in [3.63, 3.8) is 0 Å². The molecule has 0 fully saturated rings. The Labute approximate surface area is 139 Å². The van der Waals surface area contributed by atoms with Gasteiger partial charge >= 0.3 is 0 Å². The summed E-state index contributed by atoms with van der Waals surface area (Å²) in [6, 6.07) is 10.4. The molecule has 0 aliphatic heterocycles. The first-order chi connectivity index (χ1) is 10.0. The first kappa shape index (κ1) is 16.4. The van der Waals surface area contributed by atoms with Gasteiger partial charge in [-0.15, -0.1) is 0 Å². The number of nitrogens with one attached hydrogen (secondary N) is 1. The lowest BCUT2D eigenvalue weighted by Gasteiger charge is -2.18. The van der Waals surface area contributed by atoms with Gasteiger partial charge in [0.25, 0.3) is 0 Å². The lowest BCUT2D eigenvalue weighted by molar-refractivity contribution is 0.411. The van der Waals surface area contributed by atoms with Gasteiger partial charge in [0.05, 0.1) is 17.6 Å². The number of ether oxygens (including phenoxy) is 1. The van der Waals surface area contributed by atoms with Crippen LogP contribution in [0.2, 0.25) is 0 Å². The molecule has 3 N–H and O–H groups in total. The zero-order valence-corrected chi connectivity index (χ0v) is 14.5. The summed E-state index contributed by atoms with van der Waals surface area (Å²) in [5, 5.41) is 0. The van der Waals surface area contributed by atoms with Gasteiger partial charge in [-0.3, -0.25) is 11.3 Å². The second kappa shape index (κ2) is 7.35. The summed E-state index contributed by atoms with van der Waals surface area (Å²) in [7, 11) is 1.61. The largest absolute Gasteiger partial charge is 0.496 e. The number of hydrogen-bond acceptors (Lipinski definition) is 3. The molecule has 6 heteroatoms. The third-order valence-electron chi connectivity index (χ3n) is 3.14. The second-order valence-electron chi connectivity index (χ2n) is 4.60. The fourth-order valence-electron chi connectivity index (χ4n) is 2.14. The minimum absolute atomic E-state index is 0.124. The van der Waals surface area contributed by atoms with E-state index in [0.29, 0.717) is 10.9 Å². The molecule has 112 valence electrons. The Hall–Kier alpha value is -0.950. The highest BCUT2D eigenvalue weighted by atomic mass is 79.9. The minimum Gasteiger partial charge on any atom is -0.496 e. The van der Waals surface area contributed by atoms with E-state index < -0.39 is 0 Å². The summed E-state index contributed by atoms with van der Waals surface area (Å²) in [5.74, 6) is 6.13. The Bertz CT molecular complexity index is 617. The fourth-order valence-corrected chi connectivity index (χ4v) is 3.21. The van der Waals surface area contributed by atoms with Gasteiger partial charge in [-0.25, -0.2) is 4.39 Å². The summed E-state index contributed by atoms with van der Waals surface area (Å²) >= 11 is 6.75. The van der Waals surface area contributed by atoms with Gasteiger partial charge in [0.15, 0.2) is 0 Å². The number of methoxy groups -OCH3 is 1. The van der Waals surface area contributed by atoms with Crippen molar-refractivity contribution in [1.82, 2.24) is 5.43 Å². The quantitative estimate of drug-likeness (QED) is 0.568. The van der Waals surface area contributed by atoms with Crippen LogP contribution in [0, 0.1) is 5.82 Å². The van der Waals surface area contributed by atoms with Gasteiger partial charge in [-0.2, -0.15) is 0 Å². The maximum absolute atomic E-state index is 13.4. The lowest BCUT2D eigenvalue weighted by atomic mass is 9.99. The number of hydrogen-bond donors (Lipinski definition) is 2. The normalized spacial score (nSPS) is 12.2. The topological polar surface area (TPSA) is 47.3 Å². The van der Waals surface area contributed by atoms with Gasteiger partial charge in [0.1, 0.15) is 11.6 Å². The van der Waals surface area contributed by atoms with Crippen LogP contribution in [0.3, 0.4) is 0 Å². The molecule has 0 saturated heterocycles. The van der Waals surface area contributed by atoms with Crippen LogP contribution in [0.1, 0.15) is 17.2 Å². The van der Waals surface area contributed by atoms with Crippen molar-refractivity contribution in [2.75, 3.05) is 7.11 Å². The van der Waals surface area contributed by atoms with Crippen LogP contribution in [0.15, 0.2) is 45.3 Å². The van der Waals surface area contributed by atoms with E-state index in [1.165, 1.54) is 12.1 Å². The molecule has 1 atom stereocenters. The second-order valence-corrected chi connectivity index (χ2v) is 6.37. The number of hydrazine groups is 1. The van der Waals surface area contributed by atoms with E-state index in [-0.39, 0.29) is 11.9 Å². The van der Waals surface area contributed by atoms with Crippen LogP contribution in [-0.2, 0) is 6.42 Å². The Balaban J connectivity index is 2.25. The Morgan fingerprint density at radius 1 is 1.24 bits per heavy atom. The smallest absolute Gasteiger partial charge is 0.133 e. The monoisotopic (exact) mass is 416 g/mol. The average Bonchev–Trinajstić information content (AvgIpc) is 2.43. The number of nitrogens with two attached hydrogens (primary N) is 1. The van der Waals surface area contributed by atoms with E-state index >= 15 is 0 Å². The summed E-state index contributed by atoms with van der Waals surface area (Å²) < 4.78 is 20.2. The van der Waals surface area contributed by atoms with E-state index in [2.05, 4.69) is 37.3 Å². The number of rotatable bonds is 5. The minimum atomic E-state index is -0.272. The van der Waals surface area contributed by atoms with Gasteiger partial charge in [0.2, 0.25) is 0 Å². The van der Waals surface area contributed by atoms with Crippen molar-refractivity contribution in [2.24, 2.45) is 5.84 Å². The highest BCUT2D eigenvalue weighted by Gasteiger charge is 2.13. The first-order valence-corrected chi connectivity index (χ1v) is 7.86. The van der Waals surface area contributed by atoms with E-state index in [9.17, 15) is 4.39 Å². The van der Waals surface area contributed by atoms with Crippen LogP contribution in [-0.4, -0.2) is 7.11 Å². The molecule has 21 heavy (non-hydrogen) atoms. The maximum atomic E-state index is 13.4. The number of benzene rings is 2. The highest BCUT2D eigenvalue weighted by molar-refractivity contribution is 9.10. The van der Waals surface area contributed by atoms with Crippen molar-refractivity contribution in [1.29, 1.82) is 0 Å². The van der Waals surface area contributed by atoms with Crippen LogP contribution in [0.25, 0.3) is 0 Å². The molecular formula is C15H15Br2FN2O. The SMILES string of the molecule is COc1ccc(C(Cc2cc(F)cc(Br)c2)NN)cc1Br. The molecule has 2 aromatic carbocycles. The molecule has 0 aliphatic carbocycles. The van der Waals surface area contributed by atoms with Gasteiger partial charge in [-0.05, 0) is 63.8 Å². The fraction of sp³-hybridized carbons (Fsp3) is 0.200. The van der Waals surface area contributed by atoms with Crippen molar-refractivity contribution >= 4 is 31.9 Å². The van der Waals surface area contributed by atoms with E-state index in [1.54, 1.807) is 7.11 Å². The molecule has 0 aromatic heterocycles. The number of halogens is 3. The van der Waals surface area contributed by atoms with Crippen molar-refractivity contribution in [3.8, 4) is 5.75 Å². The molecule has 0 aliphatic rings. The zero-order chi connectivity index (χ0) is 15.4. The maximum Gasteiger partial charge on any atom is 0.133 e. The Morgan fingerprint density at radius 3 is 2.57 bits per heavy atom. The standard InChI is InChI=1S/C15H15Br2FN2O/c1-21-15-3-2-10(7-13(15)17)14(20-19)6-9-4-11(16)8-12(18)5-9/h2-5,7-8,14,20H,6,19H2,1H3. The first-order valence-electron chi connectivity index (χ1n) is 6.28. The van der Waals surface area contributed by atoms with Crippen molar-refractivity contribution in [3.05, 3.63) is 62.3 Å². The van der Waals surface area contributed by atoms with Crippen molar-refractivity contribution < 1.29 is 9.13 Å².